The zero-order valence-electron chi connectivity index (χ0n) is 22.7. The number of hydroxylamine groups is 1. The molecule has 1 N–H and O–H groups in total. The summed E-state index contributed by atoms with van der Waals surface area (Å²) in [4.78, 5) is 43.6. The molecule has 0 aliphatic rings. The van der Waals surface area contributed by atoms with Crippen LogP contribution in [0.5, 0.6) is 0 Å². The van der Waals surface area contributed by atoms with E-state index in [2.05, 4.69) is 5.48 Å². The van der Waals surface area contributed by atoms with Gasteiger partial charge in [0.1, 0.15) is 13.2 Å². The van der Waals surface area contributed by atoms with E-state index < -0.39 is 17.9 Å². The summed E-state index contributed by atoms with van der Waals surface area (Å²) < 4.78 is 11.1. The number of carbonyl (C=O) groups is 3. The van der Waals surface area contributed by atoms with Gasteiger partial charge in [0.2, 0.25) is 5.91 Å². The van der Waals surface area contributed by atoms with Crippen LogP contribution in [0.15, 0.2) is 115 Å². The highest BCUT2D eigenvalue weighted by Crippen LogP contribution is 2.19. The summed E-state index contributed by atoms with van der Waals surface area (Å²) in [6, 6.07) is 35.3. The van der Waals surface area contributed by atoms with E-state index in [9.17, 15) is 14.4 Å². The molecule has 0 spiro atoms. The number of rotatable bonds is 14. The minimum atomic E-state index is -0.603. The standard InChI is InChI=1S/C34H33NO6/c36-32(35-41-25-28-15-8-3-9-16-28)20-19-31(34(38)40-24-27-13-6-2-7-14-27)22-29-17-10-18-30(21-29)33(37)39-23-26-11-4-1-5-12-26/h1-18,21,31H,19-20,22-25H2,(H,35,36). The predicted octanol–water partition coefficient (Wildman–Crippen LogP) is 5.97. The summed E-state index contributed by atoms with van der Waals surface area (Å²) >= 11 is 0. The number of carbonyl (C=O) groups excluding carboxylic acids is 3. The molecule has 0 aliphatic carbocycles. The van der Waals surface area contributed by atoms with E-state index in [0.29, 0.717) is 12.0 Å². The molecule has 0 radical (unpaired) electrons. The number of benzene rings is 4. The summed E-state index contributed by atoms with van der Waals surface area (Å²) in [6.45, 7) is 0.538. The second-order valence-corrected chi connectivity index (χ2v) is 9.59. The third kappa shape index (κ3) is 10.1. The lowest BCUT2D eigenvalue weighted by Gasteiger charge is -2.17. The van der Waals surface area contributed by atoms with Gasteiger partial charge in [0.15, 0.2) is 0 Å². The lowest BCUT2D eigenvalue weighted by Crippen LogP contribution is -2.26. The second-order valence-electron chi connectivity index (χ2n) is 9.59. The van der Waals surface area contributed by atoms with Crippen LogP contribution in [0.3, 0.4) is 0 Å². The molecular weight excluding hydrogens is 518 g/mol. The van der Waals surface area contributed by atoms with E-state index in [1.165, 1.54) is 0 Å². The van der Waals surface area contributed by atoms with Gasteiger partial charge in [0.05, 0.1) is 18.1 Å². The third-order valence-corrected chi connectivity index (χ3v) is 6.40. The van der Waals surface area contributed by atoms with Gasteiger partial charge in [0.25, 0.3) is 0 Å². The van der Waals surface area contributed by atoms with Crippen LogP contribution < -0.4 is 5.48 Å². The van der Waals surface area contributed by atoms with Gasteiger partial charge in [-0.15, -0.1) is 0 Å². The monoisotopic (exact) mass is 551 g/mol. The highest BCUT2D eigenvalue weighted by Gasteiger charge is 2.23. The molecule has 1 unspecified atom stereocenters. The third-order valence-electron chi connectivity index (χ3n) is 6.40. The summed E-state index contributed by atoms with van der Waals surface area (Å²) in [5, 5.41) is 0. The zero-order chi connectivity index (χ0) is 28.7. The molecule has 0 saturated carbocycles. The molecule has 0 aromatic heterocycles. The van der Waals surface area contributed by atoms with Crippen molar-refractivity contribution < 1.29 is 28.7 Å². The first-order valence-electron chi connectivity index (χ1n) is 13.5. The molecule has 1 amide bonds. The van der Waals surface area contributed by atoms with Gasteiger partial charge in [0, 0.05) is 6.42 Å². The Labute approximate surface area is 240 Å². The van der Waals surface area contributed by atoms with Crippen molar-refractivity contribution in [3.8, 4) is 0 Å². The summed E-state index contributed by atoms with van der Waals surface area (Å²) in [7, 11) is 0. The first-order chi connectivity index (χ1) is 20.1. The fraction of sp³-hybridized carbons (Fsp3) is 0.206. The van der Waals surface area contributed by atoms with Crippen LogP contribution in [-0.4, -0.2) is 17.8 Å². The Balaban J connectivity index is 1.35. The molecule has 4 aromatic rings. The van der Waals surface area contributed by atoms with Crippen molar-refractivity contribution in [1.29, 1.82) is 0 Å². The van der Waals surface area contributed by atoms with Crippen molar-refractivity contribution in [2.45, 2.75) is 39.1 Å². The Morgan fingerprint density at radius 2 is 1.15 bits per heavy atom. The summed E-state index contributed by atoms with van der Waals surface area (Å²) in [6.07, 6.45) is 0.612. The van der Waals surface area contributed by atoms with Gasteiger partial charge in [-0.25, -0.2) is 10.3 Å². The molecule has 0 aliphatic heterocycles. The SMILES string of the molecule is O=C(CCC(Cc1cccc(C(=O)OCc2ccccc2)c1)C(=O)OCc1ccccc1)NOCc1ccccc1. The lowest BCUT2D eigenvalue weighted by atomic mass is 9.93. The van der Waals surface area contributed by atoms with Crippen LogP contribution in [0, 0.1) is 5.92 Å². The molecular formula is C34H33NO6. The van der Waals surface area contributed by atoms with E-state index in [-0.39, 0.29) is 38.6 Å². The van der Waals surface area contributed by atoms with Crippen LogP contribution in [-0.2, 0) is 50.1 Å². The summed E-state index contributed by atoms with van der Waals surface area (Å²) in [5.41, 5.74) is 6.29. The van der Waals surface area contributed by atoms with E-state index in [1.54, 1.807) is 18.2 Å². The Hall–Kier alpha value is -4.75. The minimum absolute atomic E-state index is 0.0682. The second kappa shape index (κ2) is 15.7. The van der Waals surface area contributed by atoms with E-state index >= 15 is 0 Å². The van der Waals surface area contributed by atoms with Crippen LogP contribution in [0.4, 0.5) is 0 Å². The van der Waals surface area contributed by atoms with Gasteiger partial charge in [-0.1, -0.05) is 103 Å². The highest BCUT2D eigenvalue weighted by atomic mass is 16.6. The van der Waals surface area contributed by atoms with Gasteiger partial charge >= 0.3 is 11.9 Å². The van der Waals surface area contributed by atoms with Crippen molar-refractivity contribution in [3.05, 3.63) is 143 Å². The van der Waals surface area contributed by atoms with E-state index in [1.807, 2.05) is 97.1 Å². The molecule has 41 heavy (non-hydrogen) atoms. The minimum Gasteiger partial charge on any atom is -0.461 e. The molecule has 0 heterocycles. The van der Waals surface area contributed by atoms with Gasteiger partial charge in [-0.3, -0.25) is 14.4 Å². The van der Waals surface area contributed by atoms with E-state index in [4.69, 9.17) is 14.3 Å². The van der Waals surface area contributed by atoms with Crippen LogP contribution in [0.2, 0.25) is 0 Å². The first kappa shape index (κ1) is 29.2. The van der Waals surface area contributed by atoms with Crippen LogP contribution >= 0.6 is 0 Å². The van der Waals surface area contributed by atoms with Crippen LogP contribution in [0.25, 0.3) is 0 Å². The van der Waals surface area contributed by atoms with Crippen molar-refractivity contribution in [1.82, 2.24) is 5.48 Å². The Kier molecular flexibility index (Phi) is 11.2. The fourth-order valence-corrected chi connectivity index (χ4v) is 4.20. The maximum Gasteiger partial charge on any atom is 0.338 e. The topological polar surface area (TPSA) is 90.9 Å². The number of hydrogen-bond donors (Lipinski definition) is 1. The quantitative estimate of drug-likeness (QED) is 0.153. The van der Waals surface area contributed by atoms with Crippen molar-refractivity contribution in [3.63, 3.8) is 0 Å². The van der Waals surface area contributed by atoms with E-state index in [0.717, 1.165) is 22.3 Å². The Bertz CT molecular complexity index is 1390. The van der Waals surface area contributed by atoms with Gasteiger partial charge < -0.3 is 9.47 Å². The molecule has 0 fully saturated rings. The van der Waals surface area contributed by atoms with Crippen molar-refractivity contribution >= 4 is 17.8 Å². The number of hydrogen-bond acceptors (Lipinski definition) is 6. The Morgan fingerprint density at radius 1 is 0.610 bits per heavy atom. The molecule has 210 valence electrons. The first-order valence-corrected chi connectivity index (χ1v) is 13.5. The average molecular weight is 552 g/mol. The zero-order valence-corrected chi connectivity index (χ0v) is 22.7. The van der Waals surface area contributed by atoms with Crippen molar-refractivity contribution in [2.75, 3.05) is 0 Å². The lowest BCUT2D eigenvalue weighted by molar-refractivity contribution is -0.150. The molecule has 0 bridgehead atoms. The number of nitrogens with one attached hydrogen (secondary N) is 1. The van der Waals surface area contributed by atoms with Gasteiger partial charge in [-0.05, 0) is 47.2 Å². The molecule has 0 saturated heterocycles. The maximum atomic E-state index is 13.1. The molecule has 4 aromatic carbocycles. The molecule has 1 atom stereocenters. The van der Waals surface area contributed by atoms with Crippen molar-refractivity contribution in [2.24, 2.45) is 5.92 Å². The average Bonchev–Trinajstić information content (AvgIpc) is 3.02. The van der Waals surface area contributed by atoms with Crippen LogP contribution in [0.1, 0.15) is 45.5 Å². The number of esters is 2. The summed E-state index contributed by atoms with van der Waals surface area (Å²) in [5.74, 6) is -1.80. The van der Waals surface area contributed by atoms with Gasteiger partial charge in [-0.2, -0.15) is 0 Å². The number of ether oxygens (including phenoxy) is 2. The molecule has 7 heteroatoms. The number of amides is 1. The smallest absolute Gasteiger partial charge is 0.338 e. The highest BCUT2D eigenvalue weighted by molar-refractivity contribution is 5.89. The fourth-order valence-electron chi connectivity index (χ4n) is 4.20. The predicted molar refractivity (Wildman–Crippen MR) is 154 cm³/mol. The normalized spacial score (nSPS) is 11.3. The largest absolute Gasteiger partial charge is 0.461 e. The Morgan fingerprint density at radius 3 is 1.76 bits per heavy atom. The molecule has 7 nitrogen and oxygen atoms in total. The molecule has 4 rings (SSSR count). The maximum absolute atomic E-state index is 13.1.